The fourth-order valence-corrected chi connectivity index (χ4v) is 5.40. The molecule has 0 spiro atoms. The first-order chi connectivity index (χ1) is 17.4. The number of hydrogen-bond acceptors (Lipinski definition) is 4. The van der Waals surface area contributed by atoms with Gasteiger partial charge in [0.1, 0.15) is 5.82 Å². The van der Waals surface area contributed by atoms with E-state index in [1.54, 1.807) is 22.9 Å². The summed E-state index contributed by atoms with van der Waals surface area (Å²) in [6.45, 7) is 1.92. The highest BCUT2D eigenvalue weighted by Gasteiger charge is 2.27. The van der Waals surface area contributed by atoms with Crippen LogP contribution in [0.3, 0.4) is 0 Å². The van der Waals surface area contributed by atoms with Crippen molar-refractivity contribution in [2.45, 2.75) is 24.7 Å². The summed E-state index contributed by atoms with van der Waals surface area (Å²) in [6.07, 6.45) is 1.44. The van der Waals surface area contributed by atoms with Crippen LogP contribution in [0.25, 0.3) is 16.9 Å². The lowest BCUT2D eigenvalue weighted by Crippen LogP contribution is -2.38. The first kappa shape index (κ1) is 25.8. The predicted octanol–water partition coefficient (Wildman–Crippen LogP) is 5.73. The van der Waals surface area contributed by atoms with Crippen LogP contribution in [0.15, 0.2) is 100 Å². The van der Waals surface area contributed by atoms with Crippen molar-refractivity contribution in [2.75, 3.05) is 18.4 Å². The van der Waals surface area contributed by atoms with Crippen LogP contribution in [0, 0.1) is 0 Å². The van der Waals surface area contributed by atoms with Gasteiger partial charge in [-0.25, -0.2) is 13.1 Å². The maximum Gasteiger partial charge on any atom is 0.243 e. The lowest BCUT2D eigenvalue weighted by atomic mass is 10.2. The standard InChI is InChI=1S/C27H27BrN4O3S/c1-2-3-18-31(36(34,35)24-16-14-22(28)15-17-24)20-27(33)29-26-19-25(21-10-6-4-7-11-21)30-32(26)23-12-8-5-9-13-23/h4-17,19H,2-3,18,20H2,1H3,(H,29,33). The van der Waals surface area contributed by atoms with Crippen LogP contribution in [-0.4, -0.2) is 41.5 Å². The smallest absolute Gasteiger partial charge is 0.243 e. The number of unbranched alkanes of at least 4 members (excludes halogenated alkanes) is 1. The molecule has 1 aromatic heterocycles. The zero-order valence-electron chi connectivity index (χ0n) is 19.8. The third-order valence-electron chi connectivity index (χ3n) is 5.58. The highest BCUT2D eigenvalue weighted by Crippen LogP contribution is 2.25. The molecule has 9 heteroatoms. The molecule has 0 aliphatic carbocycles. The lowest BCUT2D eigenvalue weighted by molar-refractivity contribution is -0.116. The van der Waals surface area contributed by atoms with Crippen molar-refractivity contribution < 1.29 is 13.2 Å². The fraction of sp³-hybridized carbons (Fsp3) is 0.185. The van der Waals surface area contributed by atoms with Gasteiger partial charge in [0.25, 0.3) is 0 Å². The number of hydrogen-bond donors (Lipinski definition) is 1. The molecule has 0 bridgehead atoms. The SMILES string of the molecule is CCCCN(CC(=O)Nc1cc(-c2ccccc2)nn1-c1ccccc1)S(=O)(=O)c1ccc(Br)cc1. The minimum atomic E-state index is -3.85. The monoisotopic (exact) mass is 566 g/mol. The van der Waals surface area contributed by atoms with E-state index in [1.807, 2.05) is 67.6 Å². The van der Waals surface area contributed by atoms with E-state index in [4.69, 9.17) is 5.10 Å². The molecule has 0 aliphatic heterocycles. The Labute approximate surface area is 219 Å². The number of nitrogens with zero attached hydrogens (tertiary/aromatic N) is 3. The van der Waals surface area contributed by atoms with Gasteiger partial charge in [0.15, 0.2) is 0 Å². The van der Waals surface area contributed by atoms with Gasteiger partial charge in [-0.05, 0) is 42.8 Å². The molecule has 0 atom stereocenters. The lowest BCUT2D eigenvalue weighted by Gasteiger charge is -2.22. The Balaban J connectivity index is 1.62. The molecule has 1 N–H and O–H groups in total. The average molecular weight is 568 g/mol. The summed E-state index contributed by atoms with van der Waals surface area (Å²) in [5, 5.41) is 7.59. The van der Waals surface area contributed by atoms with Crippen molar-refractivity contribution in [1.29, 1.82) is 0 Å². The van der Waals surface area contributed by atoms with E-state index in [0.29, 0.717) is 17.9 Å². The maximum atomic E-state index is 13.3. The van der Waals surface area contributed by atoms with Gasteiger partial charge in [0, 0.05) is 22.6 Å². The highest BCUT2D eigenvalue weighted by molar-refractivity contribution is 9.10. The molecule has 1 amide bonds. The summed E-state index contributed by atoms with van der Waals surface area (Å²) < 4.78 is 30.3. The molecule has 7 nitrogen and oxygen atoms in total. The largest absolute Gasteiger partial charge is 0.309 e. The normalized spacial score (nSPS) is 11.5. The van der Waals surface area contributed by atoms with Crippen molar-refractivity contribution in [3.63, 3.8) is 0 Å². The topological polar surface area (TPSA) is 84.3 Å². The summed E-state index contributed by atoms with van der Waals surface area (Å²) >= 11 is 3.33. The zero-order chi connectivity index (χ0) is 25.5. The molecule has 0 unspecified atom stereocenters. The molecule has 0 radical (unpaired) electrons. The van der Waals surface area contributed by atoms with Crippen molar-refractivity contribution in [2.24, 2.45) is 0 Å². The Morgan fingerprint density at radius 1 is 0.972 bits per heavy atom. The van der Waals surface area contributed by atoms with Crippen molar-refractivity contribution in [1.82, 2.24) is 14.1 Å². The van der Waals surface area contributed by atoms with Crippen LogP contribution in [0.4, 0.5) is 5.82 Å². The third-order valence-corrected chi connectivity index (χ3v) is 7.97. The van der Waals surface area contributed by atoms with E-state index in [1.165, 1.54) is 16.4 Å². The second-order valence-electron chi connectivity index (χ2n) is 8.22. The van der Waals surface area contributed by atoms with Crippen LogP contribution in [0.1, 0.15) is 19.8 Å². The van der Waals surface area contributed by atoms with Gasteiger partial charge < -0.3 is 5.32 Å². The van der Waals surface area contributed by atoms with Crippen molar-refractivity contribution in [3.05, 3.63) is 95.5 Å². The van der Waals surface area contributed by atoms with E-state index < -0.39 is 15.9 Å². The van der Waals surface area contributed by atoms with Crippen LogP contribution < -0.4 is 5.32 Å². The molecule has 186 valence electrons. The quantitative estimate of drug-likeness (QED) is 0.265. The molecule has 0 saturated heterocycles. The van der Waals surface area contributed by atoms with E-state index in [-0.39, 0.29) is 18.0 Å². The molecular formula is C27H27BrN4O3S. The third kappa shape index (κ3) is 6.10. The highest BCUT2D eigenvalue weighted by atomic mass is 79.9. The minimum Gasteiger partial charge on any atom is -0.309 e. The van der Waals surface area contributed by atoms with Crippen molar-refractivity contribution >= 4 is 37.7 Å². The molecule has 0 fully saturated rings. The summed E-state index contributed by atoms with van der Waals surface area (Å²) in [7, 11) is -3.85. The average Bonchev–Trinajstić information content (AvgIpc) is 3.31. The van der Waals surface area contributed by atoms with Gasteiger partial charge in [0.2, 0.25) is 15.9 Å². The van der Waals surface area contributed by atoms with Crippen LogP contribution in [-0.2, 0) is 14.8 Å². The summed E-state index contributed by atoms with van der Waals surface area (Å²) in [4.78, 5) is 13.3. The van der Waals surface area contributed by atoms with E-state index in [9.17, 15) is 13.2 Å². The second kappa shape index (κ2) is 11.6. The maximum absolute atomic E-state index is 13.3. The van der Waals surface area contributed by atoms with Gasteiger partial charge >= 0.3 is 0 Å². The Hall–Kier alpha value is -3.27. The van der Waals surface area contributed by atoms with Crippen molar-refractivity contribution in [3.8, 4) is 16.9 Å². The molecule has 4 aromatic rings. The predicted molar refractivity (Wildman–Crippen MR) is 145 cm³/mol. The first-order valence-corrected chi connectivity index (χ1v) is 13.9. The molecule has 36 heavy (non-hydrogen) atoms. The number of anilines is 1. The number of rotatable bonds is 10. The number of carbonyl (C=O) groups is 1. The molecule has 3 aromatic carbocycles. The number of carbonyl (C=O) groups excluding carboxylic acids is 1. The van der Waals surface area contributed by atoms with E-state index in [2.05, 4.69) is 21.2 Å². The second-order valence-corrected chi connectivity index (χ2v) is 11.1. The van der Waals surface area contributed by atoms with Gasteiger partial charge in [0.05, 0.1) is 22.8 Å². The van der Waals surface area contributed by atoms with Crippen LogP contribution in [0.2, 0.25) is 0 Å². The number of nitrogens with one attached hydrogen (secondary N) is 1. The Bertz CT molecular complexity index is 1410. The Morgan fingerprint density at radius 3 is 2.25 bits per heavy atom. The summed E-state index contributed by atoms with van der Waals surface area (Å²) in [5.41, 5.74) is 2.38. The van der Waals surface area contributed by atoms with Crippen LogP contribution in [0.5, 0.6) is 0 Å². The van der Waals surface area contributed by atoms with Gasteiger partial charge in [-0.1, -0.05) is 77.8 Å². The molecule has 4 rings (SSSR count). The van der Waals surface area contributed by atoms with E-state index in [0.717, 1.165) is 22.1 Å². The van der Waals surface area contributed by atoms with E-state index >= 15 is 0 Å². The fourth-order valence-electron chi connectivity index (χ4n) is 3.70. The molecule has 0 aliphatic rings. The number of para-hydroxylation sites is 1. The molecule has 0 saturated carbocycles. The zero-order valence-corrected chi connectivity index (χ0v) is 22.2. The summed E-state index contributed by atoms with van der Waals surface area (Å²) in [5.74, 6) is 0.0185. The Kier molecular flexibility index (Phi) is 8.35. The first-order valence-electron chi connectivity index (χ1n) is 11.6. The van der Waals surface area contributed by atoms with Gasteiger partial charge in [-0.2, -0.15) is 9.40 Å². The summed E-state index contributed by atoms with van der Waals surface area (Å²) in [6, 6.07) is 27.3. The number of amides is 1. The molecule has 1 heterocycles. The number of sulfonamides is 1. The Morgan fingerprint density at radius 2 is 1.61 bits per heavy atom. The van der Waals surface area contributed by atoms with Gasteiger partial charge in [-0.15, -0.1) is 0 Å². The number of aromatic nitrogens is 2. The number of benzene rings is 3. The minimum absolute atomic E-state index is 0.148. The van der Waals surface area contributed by atoms with Crippen LogP contribution >= 0.6 is 15.9 Å². The number of halogens is 1. The van der Waals surface area contributed by atoms with Gasteiger partial charge in [-0.3, -0.25) is 4.79 Å². The molecular weight excluding hydrogens is 540 g/mol.